The van der Waals surface area contributed by atoms with Crippen LogP contribution in [-0.2, 0) is 31.0 Å². The topological polar surface area (TPSA) is 143 Å². The van der Waals surface area contributed by atoms with E-state index in [4.69, 9.17) is 25.8 Å². The number of carbonyl (C=O) groups is 1. The van der Waals surface area contributed by atoms with E-state index in [0.29, 0.717) is 5.69 Å². The van der Waals surface area contributed by atoms with Crippen LogP contribution in [0.3, 0.4) is 0 Å². The number of hydrazine groups is 2. The summed E-state index contributed by atoms with van der Waals surface area (Å²) in [5, 5.41) is 29.9. The molecule has 206 valence electrons. The molecule has 0 spiro atoms. The SMILES string of the molecule is COC(=O)C(C)(C)n1cc(C[C@H]2OC(CO)=C(O)C(N3C[C@H](c4ccc(Cl)c(F)c4F)NN3)=C2OC)nn1. The summed E-state index contributed by atoms with van der Waals surface area (Å²) in [5.41, 5.74) is 5.07. The van der Waals surface area contributed by atoms with Crippen molar-refractivity contribution >= 4 is 17.6 Å². The van der Waals surface area contributed by atoms with Gasteiger partial charge in [-0.15, -0.1) is 5.10 Å². The first-order valence-electron chi connectivity index (χ1n) is 11.4. The predicted octanol–water partition coefficient (Wildman–Crippen LogP) is 1.75. The molecule has 3 heterocycles. The van der Waals surface area contributed by atoms with E-state index >= 15 is 0 Å². The maximum absolute atomic E-state index is 14.5. The molecule has 2 atom stereocenters. The summed E-state index contributed by atoms with van der Waals surface area (Å²) in [6, 6.07) is 1.87. The van der Waals surface area contributed by atoms with Gasteiger partial charge >= 0.3 is 5.97 Å². The van der Waals surface area contributed by atoms with Crippen molar-refractivity contribution in [3.05, 3.63) is 69.2 Å². The van der Waals surface area contributed by atoms with Gasteiger partial charge in [0.15, 0.2) is 40.6 Å². The highest BCUT2D eigenvalue weighted by molar-refractivity contribution is 6.30. The molecule has 1 aromatic heterocycles. The molecule has 12 nitrogen and oxygen atoms in total. The fraction of sp³-hybridized carbons (Fsp3) is 0.435. The predicted molar refractivity (Wildman–Crippen MR) is 128 cm³/mol. The first-order valence-corrected chi connectivity index (χ1v) is 11.8. The average molecular weight is 557 g/mol. The first kappa shape index (κ1) is 27.6. The molecule has 0 saturated carbocycles. The van der Waals surface area contributed by atoms with Crippen LogP contribution in [0.1, 0.15) is 31.1 Å². The monoisotopic (exact) mass is 556 g/mol. The van der Waals surface area contributed by atoms with Crippen LogP contribution in [0.25, 0.3) is 0 Å². The molecule has 2 aliphatic heterocycles. The zero-order valence-electron chi connectivity index (χ0n) is 21.0. The summed E-state index contributed by atoms with van der Waals surface area (Å²) in [6.07, 6.45) is 0.765. The molecule has 0 radical (unpaired) electrons. The largest absolute Gasteiger partial charge is 0.503 e. The number of hydrogen-bond donors (Lipinski definition) is 4. The van der Waals surface area contributed by atoms with Crippen molar-refractivity contribution in [2.24, 2.45) is 0 Å². The second-order valence-electron chi connectivity index (χ2n) is 9.05. The minimum absolute atomic E-state index is 0.0146. The van der Waals surface area contributed by atoms with E-state index in [1.165, 1.54) is 36.0 Å². The van der Waals surface area contributed by atoms with Gasteiger partial charge in [0.05, 0.1) is 37.5 Å². The summed E-state index contributed by atoms with van der Waals surface area (Å²) >= 11 is 5.67. The number of rotatable bonds is 8. The van der Waals surface area contributed by atoms with E-state index in [1.807, 2.05) is 0 Å². The van der Waals surface area contributed by atoms with Gasteiger partial charge in [0.2, 0.25) is 0 Å². The average Bonchev–Trinajstić information content (AvgIpc) is 3.58. The van der Waals surface area contributed by atoms with E-state index in [9.17, 15) is 23.8 Å². The molecule has 0 aliphatic carbocycles. The number of methoxy groups -OCH3 is 2. The molecule has 38 heavy (non-hydrogen) atoms. The first-order chi connectivity index (χ1) is 18.0. The Labute approximate surface area is 221 Å². The summed E-state index contributed by atoms with van der Waals surface area (Å²) < 4.78 is 46.1. The molecule has 2 aliphatic rings. The van der Waals surface area contributed by atoms with Gasteiger partial charge in [-0.2, -0.15) is 5.53 Å². The van der Waals surface area contributed by atoms with Crippen molar-refractivity contribution in [3.63, 3.8) is 0 Å². The van der Waals surface area contributed by atoms with Crippen molar-refractivity contribution in [1.82, 2.24) is 31.0 Å². The summed E-state index contributed by atoms with van der Waals surface area (Å²) in [6.45, 7) is 2.64. The van der Waals surface area contributed by atoms with Crippen LogP contribution in [0.5, 0.6) is 0 Å². The van der Waals surface area contributed by atoms with Gasteiger partial charge in [0, 0.05) is 18.2 Å². The van der Waals surface area contributed by atoms with Crippen molar-refractivity contribution in [1.29, 1.82) is 0 Å². The number of ether oxygens (including phenoxy) is 3. The molecule has 2 aromatic rings. The van der Waals surface area contributed by atoms with Crippen LogP contribution < -0.4 is 11.0 Å². The number of aromatic nitrogens is 3. The van der Waals surface area contributed by atoms with Crippen molar-refractivity contribution < 1.29 is 38.0 Å². The van der Waals surface area contributed by atoms with Gasteiger partial charge in [-0.25, -0.2) is 23.7 Å². The van der Waals surface area contributed by atoms with Crippen molar-refractivity contribution in [2.45, 2.75) is 38.0 Å². The number of halogens is 3. The maximum atomic E-state index is 14.5. The van der Waals surface area contributed by atoms with E-state index in [2.05, 4.69) is 21.3 Å². The number of nitrogens with zero attached hydrogens (tertiary/aromatic N) is 4. The van der Waals surface area contributed by atoms with Crippen molar-refractivity contribution in [3.8, 4) is 0 Å². The molecular weight excluding hydrogens is 530 g/mol. The number of aliphatic hydroxyl groups is 2. The lowest BCUT2D eigenvalue weighted by Gasteiger charge is -2.32. The van der Waals surface area contributed by atoms with E-state index in [1.54, 1.807) is 20.0 Å². The summed E-state index contributed by atoms with van der Waals surface area (Å²) in [5.74, 6) is -3.16. The van der Waals surface area contributed by atoms with Gasteiger partial charge in [0.1, 0.15) is 12.3 Å². The minimum Gasteiger partial charge on any atom is -0.503 e. The van der Waals surface area contributed by atoms with E-state index in [-0.39, 0.29) is 40.8 Å². The van der Waals surface area contributed by atoms with Gasteiger partial charge in [-0.3, -0.25) is 5.01 Å². The fourth-order valence-electron chi connectivity index (χ4n) is 4.18. The van der Waals surface area contributed by atoms with Crippen LogP contribution in [0.2, 0.25) is 5.02 Å². The Hall–Kier alpha value is -3.46. The number of hydrogen-bond acceptors (Lipinski definition) is 11. The lowest BCUT2D eigenvalue weighted by atomic mass is 10.0. The van der Waals surface area contributed by atoms with Crippen LogP contribution in [0, 0.1) is 11.6 Å². The van der Waals surface area contributed by atoms with Gasteiger partial charge in [-0.1, -0.05) is 22.9 Å². The number of carbonyl (C=O) groups excluding carboxylic acids is 1. The highest BCUT2D eigenvalue weighted by atomic mass is 35.5. The number of benzene rings is 1. The Morgan fingerprint density at radius 3 is 2.71 bits per heavy atom. The normalized spacial score (nSPS) is 20.2. The molecular formula is C23H27ClF2N6O6. The summed E-state index contributed by atoms with van der Waals surface area (Å²) in [4.78, 5) is 12.1. The Kier molecular flexibility index (Phi) is 7.78. The van der Waals surface area contributed by atoms with Crippen LogP contribution in [0.15, 0.2) is 41.3 Å². The third-order valence-electron chi connectivity index (χ3n) is 6.30. The number of aliphatic hydroxyl groups excluding tert-OH is 2. The highest BCUT2D eigenvalue weighted by Crippen LogP contribution is 2.35. The molecule has 4 N–H and O–H groups in total. The van der Waals surface area contributed by atoms with Crippen LogP contribution >= 0.6 is 11.6 Å². The van der Waals surface area contributed by atoms with E-state index in [0.717, 1.165) is 0 Å². The number of esters is 1. The molecule has 15 heteroatoms. The van der Waals surface area contributed by atoms with Crippen LogP contribution in [-0.4, -0.2) is 69.7 Å². The van der Waals surface area contributed by atoms with E-state index < -0.39 is 47.7 Å². The smallest absolute Gasteiger partial charge is 0.333 e. The standard InChI is InChI=1S/C23H27ClF2N6O6/c1-23(2,22(35)37-4)32-8-11(27-30-32)7-15-21(36-3)19(20(34)16(10-33)38-15)31-9-14(28-29-31)12-5-6-13(24)18(26)17(12)25/h5-6,8,14-15,28-29,33-34H,7,9-10H2,1-4H3/t14-,15-/m1/s1. The van der Waals surface area contributed by atoms with Crippen LogP contribution in [0.4, 0.5) is 8.78 Å². The zero-order chi connectivity index (χ0) is 27.8. The van der Waals surface area contributed by atoms with Gasteiger partial charge in [-0.05, 0) is 19.9 Å². The third kappa shape index (κ3) is 4.87. The summed E-state index contributed by atoms with van der Waals surface area (Å²) in [7, 11) is 2.64. The Morgan fingerprint density at radius 1 is 1.32 bits per heavy atom. The molecule has 4 rings (SSSR count). The van der Waals surface area contributed by atoms with Gasteiger partial charge in [0.25, 0.3) is 0 Å². The maximum Gasteiger partial charge on any atom is 0.333 e. The Bertz CT molecular complexity index is 1300. The molecule has 0 amide bonds. The zero-order valence-corrected chi connectivity index (χ0v) is 21.7. The van der Waals surface area contributed by atoms with Crippen molar-refractivity contribution in [2.75, 3.05) is 27.4 Å². The Balaban J connectivity index is 1.63. The molecule has 0 unspecified atom stereocenters. The van der Waals surface area contributed by atoms with Gasteiger partial charge < -0.3 is 24.4 Å². The lowest BCUT2D eigenvalue weighted by Crippen LogP contribution is -2.40. The number of nitrogens with one attached hydrogen (secondary N) is 2. The molecule has 0 bridgehead atoms. The second kappa shape index (κ2) is 10.7. The molecule has 1 aromatic carbocycles. The minimum atomic E-state index is -1.17. The Morgan fingerprint density at radius 2 is 2.05 bits per heavy atom. The second-order valence-corrected chi connectivity index (χ2v) is 9.45. The molecule has 1 fully saturated rings. The fourth-order valence-corrected chi connectivity index (χ4v) is 4.33. The highest BCUT2D eigenvalue weighted by Gasteiger charge is 2.39. The lowest BCUT2D eigenvalue weighted by molar-refractivity contribution is -0.150. The quantitative estimate of drug-likeness (QED) is 0.279. The molecule has 1 saturated heterocycles. The third-order valence-corrected chi connectivity index (χ3v) is 6.60.